The molecule has 1 fully saturated rings. The quantitative estimate of drug-likeness (QED) is 0.608. The predicted octanol–water partition coefficient (Wildman–Crippen LogP) is 3.73. The van der Waals surface area contributed by atoms with Gasteiger partial charge in [0.15, 0.2) is 0 Å². The van der Waals surface area contributed by atoms with E-state index in [1.807, 2.05) is 6.92 Å². The fourth-order valence-corrected chi connectivity index (χ4v) is 6.64. The molecule has 7 heteroatoms. The molecule has 1 N–H and O–H groups in total. The summed E-state index contributed by atoms with van der Waals surface area (Å²) in [5.74, 6) is 7.53. The number of fused-ring (bicyclic) bond motifs is 1. The van der Waals surface area contributed by atoms with Gasteiger partial charge >= 0.3 is 0 Å². The van der Waals surface area contributed by atoms with E-state index in [-0.39, 0.29) is 23.5 Å². The summed E-state index contributed by atoms with van der Waals surface area (Å²) in [7, 11) is -1.75. The Morgan fingerprint density at radius 3 is 2.70 bits per heavy atom. The Balaban J connectivity index is 1.96. The summed E-state index contributed by atoms with van der Waals surface area (Å²) in [6, 6.07) is 4.65. The van der Waals surface area contributed by atoms with Crippen LogP contribution in [0.25, 0.3) is 0 Å². The third kappa shape index (κ3) is 6.51. The summed E-state index contributed by atoms with van der Waals surface area (Å²) >= 11 is 0. The molecular formula is C26H40N2O4S. The Bertz CT molecular complexity index is 947. The SMILES string of the molecule is CCCN(C)C[C@H]1Oc2cc(C#CCC3CCCC3)ccc2S(=O)(=O)N([C@H](C)CO)C[C@@H]1C. The lowest BCUT2D eigenvalue weighted by molar-refractivity contribution is 0.0752. The van der Waals surface area contributed by atoms with Crippen molar-refractivity contribution in [2.45, 2.75) is 76.3 Å². The fourth-order valence-electron chi connectivity index (χ4n) is 4.81. The zero-order chi connectivity index (χ0) is 24.0. The van der Waals surface area contributed by atoms with Crippen molar-refractivity contribution in [1.29, 1.82) is 0 Å². The van der Waals surface area contributed by atoms with E-state index < -0.39 is 16.1 Å². The molecule has 1 aliphatic heterocycles. The Morgan fingerprint density at radius 2 is 2.03 bits per heavy atom. The van der Waals surface area contributed by atoms with Crippen LogP contribution < -0.4 is 4.74 Å². The maximum Gasteiger partial charge on any atom is 0.247 e. The van der Waals surface area contributed by atoms with Gasteiger partial charge in [0.05, 0.1) is 6.61 Å². The zero-order valence-corrected chi connectivity index (χ0v) is 21.4. The molecule has 3 rings (SSSR count). The molecule has 1 aromatic rings. The van der Waals surface area contributed by atoms with E-state index in [0.29, 0.717) is 24.8 Å². The van der Waals surface area contributed by atoms with E-state index in [2.05, 4.69) is 30.7 Å². The van der Waals surface area contributed by atoms with Crippen molar-refractivity contribution in [1.82, 2.24) is 9.21 Å². The summed E-state index contributed by atoms with van der Waals surface area (Å²) in [5, 5.41) is 9.76. The molecule has 0 unspecified atom stereocenters. The highest BCUT2D eigenvalue weighted by atomic mass is 32.2. The molecule has 0 amide bonds. The van der Waals surface area contributed by atoms with Crippen LogP contribution in [0.4, 0.5) is 0 Å². The molecule has 1 aromatic carbocycles. The highest BCUT2D eigenvalue weighted by molar-refractivity contribution is 7.89. The molecular weight excluding hydrogens is 436 g/mol. The first kappa shape index (κ1) is 26.0. The van der Waals surface area contributed by atoms with Crippen molar-refractivity contribution in [3.8, 4) is 17.6 Å². The molecule has 0 saturated heterocycles. The van der Waals surface area contributed by atoms with Gasteiger partial charge in [-0.05, 0) is 63.9 Å². The average molecular weight is 477 g/mol. The van der Waals surface area contributed by atoms with Crippen LogP contribution in [-0.4, -0.2) is 68.2 Å². The second-order valence-corrected chi connectivity index (χ2v) is 11.7. The minimum Gasteiger partial charge on any atom is -0.487 e. The monoisotopic (exact) mass is 476 g/mol. The molecule has 2 aliphatic rings. The molecule has 1 saturated carbocycles. The van der Waals surface area contributed by atoms with Crippen LogP contribution in [0, 0.1) is 23.7 Å². The van der Waals surface area contributed by atoms with E-state index in [4.69, 9.17) is 4.74 Å². The van der Waals surface area contributed by atoms with Crippen molar-refractivity contribution in [3.63, 3.8) is 0 Å². The standard InChI is InChI=1S/C26H40N2O4S/c1-5-15-27(4)18-25-20(2)17-28(21(3)19-29)33(30,31)26-14-13-23(16-24(26)32-25)12-8-11-22-9-6-7-10-22/h13-14,16,20-22,25,29H,5-7,9-11,15,17-19H2,1-4H3/t20-,21+,25+/m0/s1. The normalized spacial score (nSPS) is 24.3. The maximum absolute atomic E-state index is 13.5. The lowest BCUT2D eigenvalue weighted by Crippen LogP contribution is -2.49. The first-order valence-corrected chi connectivity index (χ1v) is 13.8. The minimum absolute atomic E-state index is 0.0432. The van der Waals surface area contributed by atoms with Crippen LogP contribution >= 0.6 is 0 Å². The molecule has 6 nitrogen and oxygen atoms in total. The summed E-state index contributed by atoms with van der Waals surface area (Å²) in [5.41, 5.74) is 0.776. The van der Waals surface area contributed by atoms with E-state index >= 15 is 0 Å². The smallest absolute Gasteiger partial charge is 0.247 e. The van der Waals surface area contributed by atoms with Crippen molar-refractivity contribution < 1.29 is 18.3 Å². The van der Waals surface area contributed by atoms with Crippen LogP contribution in [0.3, 0.4) is 0 Å². The van der Waals surface area contributed by atoms with Gasteiger partial charge in [-0.15, -0.1) is 0 Å². The van der Waals surface area contributed by atoms with Gasteiger partial charge in [-0.25, -0.2) is 8.42 Å². The van der Waals surface area contributed by atoms with Crippen LogP contribution in [0.15, 0.2) is 23.1 Å². The number of hydrogen-bond acceptors (Lipinski definition) is 5. The van der Waals surface area contributed by atoms with Crippen molar-refractivity contribution in [2.75, 3.05) is 33.3 Å². The van der Waals surface area contributed by atoms with Crippen molar-refractivity contribution >= 4 is 10.0 Å². The molecule has 1 aliphatic carbocycles. The van der Waals surface area contributed by atoms with E-state index in [1.54, 1.807) is 25.1 Å². The molecule has 184 valence electrons. The number of ether oxygens (including phenoxy) is 1. The first-order valence-electron chi connectivity index (χ1n) is 12.4. The third-order valence-electron chi connectivity index (χ3n) is 6.86. The molecule has 3 atom stereocenters. The van der Waals surface area contributed by atoms with Crippen LogP contribution in [0.1, 0.15) is 64.9 Å². The Hall–Kier alpha value is -1.59. The van der Waals surface area contributed by atoms with E-state index in [0.717, 1.165) is 24.9 Å². The van der Waals surface area contributed by atoms with Gasteiger partial charge in [0.1, 0.15) is 16.7 Å². The number of benzene rings is 1. The number of aliphatic hydroxyl groups is 1. The lowest BCUT2D eigenvalue weighted by atomic mass is 10.0. The number of nitrogens with zero attached hydrogens (tertiary/aromatic N) is 2. The Labute approximate surface area is 200 Å². The van der Waals surface area contributed by atoms with Gasteiger partial charge in [0, 0.05) is 37.0 Å². The summed E-state index contributed by atoms with van der Waals surface area (Å²) in [6.07, 6.45) is 6.85. The fraction of sp³-hybridized carbons (Fsp3) is 0.692. The molecule has 0 aromatic heterocycles. The topological polar surface area (TPSA) is 70.1 Å². The maximum atomic E-state index is 13.5. The van der Waals surface area contributed by atoms with Gasteiger partial charge < -0.3 is 14.7 Å². The molecule has 1 heterocycles. The van der Waals surface area contributed by atoms with Crippen molar-refractivity contribution in [2.24, 2.45) is 11.8 Å². The minimum atomic E-state index is -3.81. The third-order valence-corrected chi connectivity index (χ3v) is 8.88. The Morgan fingerprint density at radius 1 is 1.30 bits per heavy atom. The number of sulfonamides is 1. The number of likely N-dealkylation sites (N-methyl/N-ethyl adjacent to an activating group) is 1. The number of rotatable bonds is 7. The highest BCUT2D eigenvalue weighted by Crippen LogP contribution is 2.34. The summed E-state index contributed by atoms with van der Waals surface area (Å²) in [4.78, 5) is 2.38. The summed E-state index contributed by atoms with van der Waals surface area (Å²) < 4.78 is 34.9. The molecule has 33 heavy (non-hydrogen) atoms. The van der Waals surface area contributed by atoms with Gasteiger partial charge in [-0.1, -0.05) is 38.5 Å². The predicted molar refractivity (Wildman–Crippen MR) is 132 cm³/mol. The van der Waals surface area contributed by atoms with Gasteiger partial charge in [-0.3, -0.25) is 0 Å². The second kappa shape index (κ2) is 11.7. The highest BCUT2D eigenvalue weighted by Gasteiger charge is 2.38. The van der Waals surface area contributed by atoms with Crippen LogP contribution in [-0.2, 0) is 10.0 Å². The number of hydrogen-bond donors (Lipinski definition) is 1. The van der Waals surface area contributed by atoms with Crippen LogP contribution in [0.5, 0.6) is 5.75 Å². The average Bonchev–Trinajstić information content (AvgIpc) is 3.29. The number of aliphatic hydroxyl groups excluding tert-OH is 1. The second-order valence-electron chi connectivity index (χ2n) is 9.82. The lowest BCUT2D eigenvalue weighted by Gasteiger charge is -2.37. The van der Waals surface area contributed by atoms with Gasteiger partial charge in [-0.2, -0.15) is 4.31 Å². The van der Waals surface area contributed by atoms with Gasteiger partial charge in [0.2, 0.25) is 10.0 Å². The van der Waals surface area contributed by atoms with Gasteiger partial charge in [0.25, 0.3) is 0 Å². The zero-order valence-electron chi connectivity index (χ0n) is 20.6. The molecule has 0 bridgehead atoms. The Kier molecular flexibility index (Phi) is 9.23. The first-order chi connectivity index (χ1) is 15.8. The van der Waals surface area contributed by atoms with E-state index in [9.17, 15) is 13.5 Å². The molecule has 0 spiro atoms. The van der Waals surface area contributed by atoms with E-state index in [1.165, 1.54) is 30.0 Å². The molecule has 0 radical (unpaired) electrons. The summed E-state index contributed by atoms with van der Waals surface area (Å²) in [6.45, 7) is 7.63. The largest absolute Gasteiger partial charge is 0.487 e. The van der Waals surface area contributed by atoms with Crippen LogP contribution in [0.2, 0.25) is 0 Å². The van der Waals surface area contributed by atoms with Crippen molar-refractivity contribution in [3.05, 3.63) is 23.8 Å².